The predicted molar refractivity (Wildman–Crippen MR) is 85.1 cm³/mol. The van der Waals surface area contributed by atoms with Crippen molar-refractivity contribution in [2.24, 2.45) is 0 Å². The zero-order valence-electron chi connectivity index (χ0n) is 12.5. The van der Waals surface area contributed by atoms with Gasteiger partial charge in [-0.3, -0.25) is 4.79 Å². The molecule has 0 aliphatic rings. The maximum atomic E-state index is 12.3. The Hall–Kier alpha value is -1.08. The summed E-state index contributed by atoms with van der Waals surface area (Å²) in [7, 11) is -3.45. The summed E-state index contributed by atoms with van der Waals surface area (Å²) in [5, 5.41) is -1.11. The number of halogens is 1. The Labute approximate surface area is 133 Å². The Kier molecular flexibility index (Phi) is 6.22. The van der Waals surface area contributed by atoms with E-state index in [1.54, 1.807) is 6.07 Å². The monoisotopic (exact) mass is 378 g/mol. The average Bonchev–Trinajstić information content (AvgIpc) is 2.39. The van der Waals surface area contributed by atoms with Crippen molar-refractivity contribution < 1.29 is 22.7 Å². The zero-order chi connectivity index (χ0) is 16.2. The Morgan fingerprint density at radius 3 is 2.10 bits per heavy atom. The van der Waals surface area contributed by atoms with Crippen LogP contribution in [-0.2, 0) is 9.84 Å². The number of Topliss-reactive ketones (excluding diaryl/α,β-unsaturated/α-hetero) is 1. The van der Waals surface area contributed by atoms with Crippen LogP contribution in [0.1, 0.15) is 31.1 Å². The molecule has 1 unspecified atom stereocenters. The van der Waals surface area contributed by atoms with Crippen LogP contribution in [-0.4, -0.2) is 38.9 Å². The van der Waals surface area contributed by atoms with Crippen molar-refractivity contribution in [1.82, 2.24) is 0 Å². The zero-order valence-corrected chi connectivity index (χ0v) is 14.9. The third kappa shape index (κ3) is 4.44. The lowest BCUT2D eigenvalue weighted by atomic mass is 10.1. The lowest BCUT2D eigenvalue weighted by molar-refractivity contribution is 0.0990. The molecule has 0 saturated carbocycles. The van der Waals surface area contributed by atoms with Crippen LogP contribution in [0.5, 0.6) is 11.5 Å². The summed E-state index contributed by atoms with van der Waals surface area (Å²) in [6, 6.07) is 3.14. The van der Waals surface area contributed by atoms with Crippen molar-refractivity contribution in [2.75, 3.05) is 19.5 Å². The van der Waals surface area contributed by atoms with Crippen molar-refractivity contribution in [3.63, 3.8) is 0 Å². The Balaban J connectivity index is 3.31. The molecule has 0 N–H and O–H groups in total. The molecule has 0 amide bonds. The fourth-order valence-corrected chi connectivity index (χ4v) is 2.71. The van der Waals surface area contributed by atoms with Gasteiger partial charge >= 0.3 is 0 Å². The summed E-state index contributed by atoms with van der Waals surface area (Å²) in [4.78, 5) is 12.3. The van der Waals surface area contributed by atoms with Crippen LogP contribution >= 0.6 is 15.9 Å². The van der Waals surface area contributed by atoms with Gasteiger partial charge in [0.05, 0.1) is 13.2 Å². The van der Waals surface area contributed by atoms with Gasteiger partial charge in [-0.25, -0.2) is 8.42 Å². The van der Waals surface area contributed by atoms with E-state index in [2.05, 4.69) is 15.9 Å². The van der Waals surface area contributed by atoms with Gasteiger partial charge in [-0.2, -0.15) is 0 Å². The molecule has 0 aliphatic heterocycles. The highest BCUT2D eigenvalue weighted by Gasteiger charge is 2.27. The number of ether oxygens (including phenoxy) is 2. The third-order valence-electron chi connectivity index (χ3n) is 2.91. The summed E-state index contributed by atoms with van der Waals surface area (Å²) in [5.41, 5.74) is 0.264. The van der Waals surface area contributed by atoms with Crippen LogP contribution in [0, 0.1) is 0 Å². The molecule has 0 aliphatic carbocycles. The average molecular weight is 379 g/mol. The van der Waals surface area contributed by atoms with E-state index in [1.165, 1.54) is 13.0 Å². The van der Waals surface area contributed by atoms with Crippen LogP contribution in [0.4, 0.5) is 0 Å². The molecule has 1 aromatic rings. The summed E-state index contributed by atoms with van der Waals surface area (Å²) in [5.74, 6) is 0.453. The maximum absolute atomic E-state index is 12.3. The topological polar surface area (TPSA) is 69.7 Å². The van der Waals surface area contributed by atoms with Crippen LogP contribution in [0.15, 0.2) is 16.6 Å². The molecule has 0 fully saturated rings. The van der Waals surface area contributed by atoms with Crippen LogP contribution in [0.2, 0.25) is 0 Å². The van der Waals surface area contributed by atoms with Crippen molar-refractivity contribution >= 4 is 31.6 Å². The summed E-state index contributed by atoms with van der Waals surface area (Å²) in [6.07, 6.45) is 1.04. The molecule has 0 saturated heterocycles. The summed E-state index contributed by atoms with van der Waals surface area (Å²) < 4.78 is 34.5. The minimum atomic E-state index is -3.45. The van der Waals surface area contributed by atoms with E-state index < -0.39 is 20.9 Å². The first-order valence-electron chi connectivity index (χ1n) is 6.54. The number of sulfone groups is 1. The van der Waals surface area contributed by atoms with Crippen LogP contribution in [0.3, 0.4) is 0 Å². The maximum Gasteiger partial charge on any atom is 0.181 e. The van der Waals surface area contributed by atoms with Gasteiger partial charge in [0, 0.05) is 16.3 Å². The quantitative estimate of drug-likeness (QED) is 0.682. The van der Waals surface area contributed by atoms with Gasteiger partial charge in [-0.05, 0) is 48.8 Å². The van der Waals surface area contributed by atoms with Gasteiger partial charge in [-0.15, -0.1) is 0 Å². The van der Waals surface area contributed by atoms with E-state index in [0.29, 0.717) is 29.2 Å². The van der Waals surface area contributed by atoms with E-state index in [1.807, 2.05) is 13.8 Å². The largest absolute Gasteiger partial charge is 0.490 e. The van der Waals surface area contributed by atoms with Gasteiger partial charge in [0.25, 0.3) is 0 Å². The number of carbonyl (C=O) groups excluding carboxylic acids is 1. The van der Waals surface area contributed by atoms with E-state index in [9.17, 15) is 13.2 Å². The number of rotatable bonds is 7. The molecule has 0 bridgehead atoms. The summed E-state index contributed by atoms with van der Waals surface area (Å²) in [6.45, 7) is 5.91. The normalized spacial score (nSPS) is 12.8. The van der Waals surface area contributed by atoms with Crippen molar-refractivity contribution in [3.05, 3.63) is 22.2 Å². The Bertz CT molecular complexity index is 624. The third-order valence-corrected chi connectivity index (χ3v) is 5.06. The SMILES string of the molecule is CCOc1cc(Br)c(C(=O)C(C)S(C)(=O)=O)cc1OCC. The lowest BCUT2D eigenvalue weighted by Gasteiger charge is -2.15. The van der Waals surface area contributed by atoms with Crippen molar-refractivity contribution in [1.29, 1.82) is 0 Å². The molecule has 0 heterocycles. The van der Waals surface area contributed by atoms with Crippen LogP contribution < -0.4 is 9.47 Å². The first-order valence-corrected chi connectivity index (χ1v) is 9.29. The number of hydrogen-bond donors (Lipinski definition) is 0. The molecular formula is C14H19BrO5S. The molecule has 0 spiro atoms. The second kappa shape index (κ2) is 7.26. The fourth-order valence-electron chi connectivity index (χ4n) is 1.67. The summed E-state index contributed by atoms with van der Waals surface area (Å²) >= 11 is 3.29. The molecule has 21 heavy (non-hydrogen) atoms. The van der Waals surface area contributed by atoms with Crippen molar-refractivity contribution in [3.8, 4) is 11.5 Å². The van der Waals surface area contributed by atoms with E-state index in [-0.39, 0.29) is 5.56 Å². The standard InChI is InChI=1S/C14H19BrO5S/c1-5-19-12-7-10(11(15)8-13(12)20-6-2)14(16)9(3)21(4,17)18/h7-9H,5-6H2,1-4H3. The highest BCUT2D eigenvalue weighted by Crippen LogP contribution is 2.34. The Morgan fingerprint density at radius 2 is 1.67 bits per heavy atom. The molecule has 5 nitrogen and oxygen atoms in total. The molecular weight excluding hydrogens is 360 g/mol. The molecule has 1 aromatic carbocycles. The van der Waals surface area contributed by atoms with E-state index >= 15 is 0 Å². The molecule has 7 heteroatoms. The van der Waals surface area contributed by atoms with Crippen LogP contribution in [0.25, 0.3) is 0 Å². The predicted octanol–water partition coefficient (Wildman–Crippen LogP) is 2.86. The lowest BCUT2D eigenvalue weighted by Crippen LogP contribution is -2.26. The molecule has 1 atom stereocenters. The number of benzene rings is 1. The Morgan fingerprint density at radius 1 is 1.19 bits per heavy atom. The number of ketones is 1. The fraction of sp³-hybridized carbons (Fsp3) is 0.500. The first-order chi connectivity index (χ1) is 9.72. The van der Waals surface area contributed by atoms with Gasteiger partial charge in [0.2, 0.25) is 0 Å². The second-order valence-electron chi connectivity index (χ2n) is 4.48. The molecule has 1 rings (SSSR count). The van der Waals surface area contributed by atoms with E-state index in [4.69, 9.17) is 9.47 Å². The van der Waals surface area contributed by atoms with Crippen molar-refractivity contribution in [2.45, 2.75) is 26.0 Å². The minimum Gasteiger partial charge on any atom is -0.490 e. The highest BCUT2D eigenvalue weighted by molar-refractivity contribution is 9.10. The number of hydrogen-bond acceptors (Lipinski definition) is 5. The van der Waals surface area contributed by atoms with E-state index in [0.717, 1.165) is 6.26 Å². The van der Waals surface area contributed by atoms with Gasteiger partial charge in [0.15, 0.2) is 27.1 Å². The first kappa shape index (κ1) is 18.0. The van der Waals surface area contributed by atoms with Gasteiger partial charge in [0.1, 0.15) is 5.25 Å². The molecule has 0 aromatic heterocycles. The second-order valence-corrected chi connectivity index (χ2v) is 7.70. The molecule has 118 valence electrons. The van der Waals surface area contributed by atoms with Gasteiger partial charge in [-0.1, -0.05) is 0 Å². The molecule has 0 radical (unpaired) electrons. The smallest absolute Gasteiger partial charge is 0.181 e. The minimum absolute atomic E-state index is 0.264. The number of carbonyl (C=O) groups is 1. The highest BCUT2D eigenvalue weighted by atomic mass is 79.9. The van der Waals surface area contributed by atoms with Gasteiger partial charge < -0.3 is 9.47 Å².